The van der Waals surface area contributed by atoms with Gasteiger partial charge in [-0.05, 0) is 25.7 Å². The summed E-state index contributed by atoms with van der Waals surface area (Å²) in [6.45, 7) is 4.94. The number of hydrogen-bond donors (Lipinski definition) is 3. The molecule has 4 aliphatic rings. The lowest BCUT2D eigenvalue weighted by molar-refractivity contribution is -0.140. The molecule has 4 aliphatic heterocycles. The van der Waals surface area contributed by atoms with E-state index in [-0.39, 0.29) is 35.5 Å². The smallest absolute Gasteiger partial charge is 0.244 e. The first kappa shape index (κ1) is 22.8. The number of aliphatic hydroxyl groups is 1. The first-order valence-electron chi connectivity index (χ1n) is 11.4. The van der Waals surface area contributed by atoms with Crippen LogP contribution in [-0.2, 0) is 19.1 Å². The Morgan fingerprint density at radius 3 is 2.71 bits per heavy atom. The summed E-state index contributed by atoms with van der Waals surface area (Å²) in [5.74, 6) is -1.10. The lowest BCUT2D eigenvalue weighted by Crippen LogP contribution is -2.54. The van der Waals surface area contributed by atoms with E-state index in [0.717, 1.165) is 32.5 Å². The molecule has 0 saturated carbocycles. The molecule has 0 aliphatic carbocycles. The molecule has 4 fully saturated rings. The zero-order chi connectivity index (χ0) is 22.0. The van der Waals surface area contributed by atoms with Gasteiger partial charge in [0.2, 0.25) is 17.7 Å². The van der Waals surface area contributed by atoms with E-state index < -0.39 is 16.7 Å². The van der Waals surface area contributed by atoms with Gasteiger partial charge in [-0.1, -0.05) is 0 Å². The van der Waals surface area contributed by atoms with Gasteiger partial charge in [0.25, 0.3) is 0 Å². The largest absolute Gasteiger partial charge is 0.396 e. The molecule has 0 aromatic rings. The van der Waals surface area contributed by atoms with Gasteiger partial charge >= 0.3 is 0 Å². The van der Waals surface area contributed by atoms with Crippen LogP contribution in [0.2, 0.25) is 0 Å². The van der Waals surface area contributed by atoms with Gasteiger partial charge in [0.05, 0.1) is 29.8 Å². The second-order valence-corrected chi connectivity index (χ2v) is 10.5. The van der Waals surface area contributed by atoms with Gasteiger partial charge in [0.15, 0.2) is 0 Å². The van der Waals surface area contributed by atoms with E-state index in [1.54, 1.807) is 23.7 Å². The number of likely N-dealkylation sites (tertiary alicyclic amines) is 1. The maximum absolute atomic E-state index is 13.5. The number of morpholine rings is 1. The number of carbonyl (C=O) groups is 3. The second-order valence-electron chi connectivity index (χ2n) is 8.88. The van der Waals surface area contributed by atoms with Crippen LogP contribution < -0.4 is 10.6 Å². The lowest BCUT2D eigenvalue weighted by atomic mass is 9.71. The van der Waals surface area contributed by atoms with Gasteiger partial charge in [-0.2, -0.15) is 0 Å². The van der Waals surface area contributed by atoms with E-state index in [2.05, 4.69) is 15.5 Å². The van der Waals surface area contributed by atoms with Crippen LogP contribution in [0, 0.1) is 11.8 Å². The molecule has 4 heterocycles. The third-order valence-electron chi connectivity index (χ3n) is 7.24. The van der Waals surface area contributed by atoms with Crippen molar-refractivity contribution in [3.05, 3.63) is 0 Å². The molecular formula is C21H34N4O5S. The summed E-state index contributed by atoms with van der Waals surface area (Å²) in [7, 11) is 1.61. The molecule has 10 heteroatoms. The van der Waals surface area contributed by atoms with Crippen LogP contribution in [-0.4, -0.2) is 108 Å². The molecule has 0 radical (unpaired) electrons. The molecule has 0 aromatic carbocycles. The van der Waals surface area contributed by atoms with Crippen molar-refractivity contribution in [3.8, 4) is 0 Å². The number of rotatable bonds is 9. The highest BCUT2D eigenvalue weighted by Crippen LogP contribution is 2.66. The lowest BCUT2D eigenvalue weighted by Gasteiger charge is -2.34. The topological polar surface area (TPSA) is 111 Å². The minimum Gasteiger partial charge on any atom is -0.396 e. The molecule has 4 rings (SSSR count). The Morgan fingerprint density at radius 1 is 1.23 bits per heavy atom. The van der Waals surface area contributed by atoms with Crippen LogP contribution in [0.4, 0.5) is 0 Å². The Hall–Kier alpha value is -1.36. The monoisotopic (exact) mass is 454 g/mol. The Bertz CT molecular complexity index is 703. The van der Waals surface area contributed by atoms with Crippen LogP contribution in [0.5, 0.6) is 0 Å². The number of hydrogen-bond acceptors (Lipinski definition) is 7. The van der Waals surface area contributed by atoms with Gasteiger partial charge < -0.3 is 25.4 Å². The molecule has 3 N–H and O–H groups in total. The fraction of sp³-hybridized carbons (Fsp3) is 0.857. The number of amides is 3. The zero-order valence-corrected chi connectivity index (χ0v) is 19.0. The van der Waals surface area contributed by atoms with Crippen LogP contribution in [0.25, 0.3) is 0 Å². The number of ether oxygens (including phenoxy) is 1. The summed E-state index contributed by atoms with van der Waals surface area (Å²) in [6.07, 6.45) is 2.86. The van der Waals surface area contributed by atoms with Crippen molar-refractivity contribution in [3.63, 3.8) is 0 Å². The molecule has 2 unspecified atom stereocenters. The summed E-state index contributed by atoms with van der Waals surface area (Å²) in [6, 6.07) is -0.557. The van der Waals surface area contributed by atoms with E-state index in [0.29, 0.717) is 39.1 Å². The fourth-order valence-electron chi connectivity index (χ4n) is 5.81. The van der Waals surface area contributed by atoms with Crippen LogP contribution in [0.1, 0.15) is 25.7 Å². The highest BCUT2D eigenvalue weighted by Gasteiger charge is 2.73. The quantitative estimate of drug-likeness (QED) is 0.385. The summed E-state index contributed by atoms with van der Waals surface area (Å²) < 4.78 is 4.85. The van der Waals surface area contributed by atoms with Crippen molar-refractivity contribution in [1.82, 2.24) is 20.4 Å². The molecule has 1 spiro atoms. The van der Waals surface area contributed by atoms with E-state index in [1.807, 2.05) is 0 Å². The number of carbonyl (C=O) groups excluding carboxylic acids is 3. The van der Waals surface area contributed by atoms with Crippen molar-refractivity contribution in [2.24, 2.45) is 11.8 Å². The molecule has 2 bridgehead atoms. The van der Waals surface area contributed by atoms with E-state index in [1.165, 1.54) is 0 Å². The summed E-state index contributed by atoms with van der Waals surface area (Å²) >= 11 is 1.69. The van der Waals surface area contributed by atoms with E-state index in [9.17, 15) is 19.5 Å². The molecule has 31 heavy (non-hydrogen) atoms. The van der Waals surface area contributed by atoms with Gasteiger partial charge in [0, 0.05) is 51.6 Å². The average molecular weight is 455 g/mol. The fourth-order valence-corrected chi connectivity index (χ4v) is 8.03. The van der Waals surface area contributed by atoms with Crippen molar-refractivity contribution in [2.75, 3.05) is 59.6 Å². The number of nitrogens with one attached hydrogen (secondary N) is 2. The molecule has 5 atom stereocenters. The highest BCUT2D eigenvalue weighted by atomic mass is 32.2. The summed E-state index contributed by atoms with van der Waals surface area (Å²) in [5, 5.41) is 15.1. The summed E-state index contributed by atoms with van der Waals surface area (Å²) in [5.41, 5.74) is 0. The maximum Gasteiger partial charge on any atom is 0.244 e. The number of aliphatic hydroxyl groups excluding tert-OH is 1. The highest BCUT2D eigenvalue weighted by molar-refractivity contribution is 8.02. The van der Waals surface area contributed by atoms with Crippen LogP contribution in [0.15, 0.2) is 0 Å². The van der Waals surface area contributed by atoms with Crippen LogP contribution in [0.3, 0.4) is 0 Å². The Labute approximate surface area is 187 Å². The van der Waals surface area contributed by atoms with Gasteiger partial charge in [-0.3, -0.25) is 19.3 Å². The van der Waals surface area contributed by atoms with Crippen LogP contribution >= 0.6 is 11.8 Å². The third-order valence-corrected chi connectivity index (χ3v) is 9.19. The number of thioether (sulfide) groups is 1. The zero-order valence-electron chi connectivity index (χ0n) is 18.2. The average Bonchev–Trinajstić information content (AvgIpc) is 3.42. The summed E-state index contributed by atoms with van der Waals surface area (Å²) in [4.78, 5) is 43.5. The molecule has 4 saturated heterocycles. The number of nitrogens with zero attached hydrogens (tertiary/aromatic N) is 2. The maximum atomic E-state index is 13.5. The Balaban J connectivity index is 1.50. The van der Waals surface area contributed by atoms with E-state index in [4.69, 9.17) is 4.74 Å². The predicted octanol–water partition coefficient (Wildman–Crippen LogP) is -0.955. The number of fused-ring (bicyclic) bond motifs is 1. The Kier molecular flexibility index (Phi) is 7.10. The molecule has 9 nitrogen and oxygen atoms in total. The standard InChI is InChI=1S/C21H34N4O5S/c1-22-18(27)15-14-4-5-21(31-14)16(15)20(29)25(7-2-3-11-26)17(21)19(28)23-6-8-24-9-12-30-13-10-24/h14-17,26H,2-13H2,1H3,(H,22,27)(H,23,28)/t14-,15+,16-,17?,21?/m0/s1. The van der Waals surface area contributed by atoms with Crippen molar-refractivity contribution in [2.45, 2.75) is 41.7 Å². The minimum atomic E-state index is -0.557. The normalized spacial score (nSPS) is 34.8. The van der Waals surface area contributed by atoms with Gasteiger partial charge in [0.1, 0.15) is 6.04 Å². The van der Waals surface area contributed by atoms with E-state index >= 15 is 0 Å². The van der Waals surface area contributed by atoms with Crippen molar-refractivity contribution in [1.29, 1.82) is 0 Å². The van der Waals surface area contributed by atoms with Crippen molar-refractivity contribution >= 4 is 29.5 Å². The van der Waals surface area contributed by atoms with Gasteiger partial charge in [-0.15, -0.1) is 11.8 Å². The number of unbranched alkanes of at least 4 members (excludes halogenated alkanes) is 1. The first-order valence-corrected chi connectivity index (χ1v) is 12.3. The minimum absolute atomic E-state index is 0.0602. The molecule has 0 aromatic heterocycles. The van der Waals surface area contributed by atoms with Gasteiger partial charge in [-0.25, -0.2) is 0 Å². The first-order chi connectivity index (χ1) is 15.0. The molecule has 174 valence electrons. The molecule has 3 amide bonds. The molecular weight excluding hydrogens is 420 g/mol. The Morgan fingerprint density at radius 2 is 2.00 bits per heavy atom. The third kappa shape index (κ3) is 4.07. The second kappa shape index (κ2) is 9.64. The predicted molar refractivity (Wildman–Crippen MR) is 116 cm³/mol. The van der Waals surface area contributed by atoms with Crippen molar-refractivity contribution < 1.29 is 24.2 Å². The SMILES string of the molecule is CNC(=O)[C@@H]1[C@@H]2CCC3(S2)C(C(=O)NCCN2CCOCC2)N(CCCCO)C(=O)[C@H]13.